The fourth-order valence-electron chi connectivity index (χ4n) is 2.06. The summed E-state index contributed by atoms with van der Waals surface area (Å²) in [5.41, 5.74) is 2.70. The van der Waals surface area contributed by atoms with Gasteiger partial charge < -0.3 is 10.6 Å². The maximum Gasteiger partial charge on any atom is 0.233 e. The van der Waals surface area contributed by atoms with Crippen LogP contribution in [0.5, 0.6) is 0 Å². The quantitative estimate of drug-likeness (QED) is 0.804. The van der Waals surface area contributed by atoms with E-state index in [0.29, 0.717) is 6.54 Å². The van der Waals surface area contributed by atoms with Crippen LogP contribution in [0.2, 0.25) is 0 Å². The molecular weight excluding hydrogens is 278 g/mol. The van der Waals surface area contributed by atoms with Crippen LogP contribution < -0.4 is 10.6 Å². The Morgan fingerprint density at radius 1 is 1.09 bits per heavy atom. The molecular formula is C17H19N3O2. The molecule has 5 nitrogen and oxygen atoms in total. The van der Waals surface area contributed by atoms with Crippen molar-refractivity contribution in [3.05, 3.63) is 59.9 Å². The number of para-hydroxylation sites is 1. The number of amides is 2. The van der Waals surface area contributed by atoms with E-state index in [-0.39, 0.29) is 18.2 Å². The average Bonchev–Trinajstić information content (AvgIpc) is 2.54. The van der Waals surface area contributed by atoms with Gasteiger partial charge in [-0.15, -0.1) is 0 Å². The van der Waals surface area contributed by atoms with Crippen molar-refractivity contribution in [1.29, 1.82) is 0 Å². The van der Waals surface area contributed by atoms with Crippen LogP contribution in [0.25, 0.3) is 0 Å². The molecule has 22 heavy (non-hydrogen) atoms. The van der Waals surface area contributed by atoms with Gasteiger partial charge in [-0.3, -0.25) is 14.6 Å². The molecule has 1 aromatic heterocycles. The highest BCUT2D eigenvalue weighted by Gasteiger charge is 2.10. The number of pyridine rings is 1. The number of rotatable bonds is 6. The number of nitrogens with zero attached hydrogens (tertiary/aromatic N) is 1. The molecule has 0 aliphatic carbocycles. The van der Waals surface area contributed by atoms with Gasteiger partial charge in [-0.2, -0.15) is 0 Å². The number of nitrogens with one attached hydrogen (secondary N) is 2. The van der Waals surface area contributed by atoms with Gasteiger partial charge in [0.05, 0.1) is 0 Å². The molecule has 1 heterocycles. The molecule has 0 unspecified atom stereocenters. The zero-order valence-corrected chi connectivity index (χ0v) is 12.5. The van der Waals surface area contributed by atoms with Gasteiger partial charge in [-0.1, -0.05) is 31.2 Å². The second-order valence-electron chi connectivity index (χ2n) is 4.87. The number of carbonyl (C=O) groups is 2. The van der Waals surface area contributed by atoms with Gasteiger partial charge in [0.2, 0.25) is 11.8 Å². The van der Waals surface area contributed by atoms with Crippen LogP contribution in [0, 0.1) is 0 Å². The lowest BCUT2D eigenvalue weighted by molar-refractivity contribution is -0.126. The van der Waals surface area contributed by atoms with E-state index in [4.69, 9.17) is 0 Å². The third kappa shape index (κ3) is 4.70. The number of anilines is 1. The van der Waals surface area contributed by atoms with Gasteiger partial charge >= 0.3 is 0 Å². The van der Waals surface area contributed by atoms with Gasteiger partial charge in [-0.25, -0.2) is 0 Å². The highest BCUT2D eigenvalue weighted by Crippen LogP contribution is 2.15. The Balaban J connectivity index is 1.82. The second kappa shape index (κ2) is 7.93. The highest BCUT2D eigenvalue weighted by atomic mass is 16.2. The van der Waals surface area contributed by atoms with E-state index in [1.165, 1.54) is 0 Å². The number of hydrogen-bond acceptors (Lipinski definition) is 3. The second-order valence-corrected chi connectivity index (χ2v) is 4.87. The van der Waals surface area contributed by atoms with Crippen LogP contribution in [0.1, 0.15) is 24.5 Å². The lowest BCUT2D eigenvalue weighted by Crippen LogP contribution is -2.28. The summed E-state index contributed by atoms with van der Waals surface area (Å²) >= 11 is 0. The van der Waals surface area contributed by atoms with Crippen molar-refractivity contribution in [3.63, 3.8) is 0 Å². The fraction of sp³-hybridized carbons (Fsp3) is 0.235. The SMILES string of the molecule is CCc1ccccc1NC(=O)CC(=O)NCc1cccnc1. The Kier molecular flexibility index (Phi) is 5.65. The zero-order chi connectivity index (χ0) is 15.8. The van der Waals surface area contributed by atoms with Crippen molar-refractivity contribution in [1.82, 2.24) is 10.3 Å². The minimum atomic E-state index is -0.315. The summed E-state index contributed by atoms with van der Waals surface area (Å²) in [6, 6.07) is 11.2. The maximum atomic E-state index is 11.9. The van der Waals surface area contributed by atoms with Gasteiger partial charge in [-0.05, 0) is 29.7 Å². The van der Waals surface area contributed by atoms with E-state index >= 15 is 0 Å². The van der Waals surface area contributed by atoms with Crippen molar-refractivity contribution in [2.45, 2.75) is 26.3 Å². The van der Waals surface area contributed by atoms with E-state index in [2.05, 4.69) is 15.6 Å². The molecule has 0 aliphatic heterocycles. The van der Waals surface area contributed by atoms with E-state index in [9.17, 15) is 9.59 Å². The molecule has 114 valence electrons. The summed E-state index contributed by atoms with van der Waals surface area (Å²) in [4.78, 5) is 27.7. The molecule has 1 aromatic carbocycles. The number of aryl methyl sites for hydroxylation is 1. The molecule has 0 saturated heterocycles. The van der Waals surface area contributed by atoms with E-state index < -0.39 is 0 Å². The van der Waals surface area contributed by atoms with Crippen LogP contribution in [0.3, 0.4) is 0 Å². The third-order valence-corrected chi connectivity index (χ3v) is 3.21. The number of benzene rings is 1. The van der Waals surface area contributed by atoms with Crippen LogP contribution in [0.4, 0.5) is 5.69 Å². The van der Waals surface area contributed by atoms with Crippen molar-refractivity contribution in [2.75, 3.05) is 5.32 Å². The fourth-order valence-corrected chi connectivity index (χ4v) is 2.06. The standard InChI is InChI=1S/C17H19N3O2/c1-2-14-7-3-4-8-15(14)20-17(22)10-16(21)19-12-13-6-5-9-18-11-13/h3-9,11H,2,10,12H2,1H3,(H,19,21)(H,20,22). The van der Waals surface area contributed by atoms with Gasteiger partial charge in [0.1, 0.15) is 6.42 Å². The van der Waals surface area contributed by atoms with Gasteiger partial charge in [0, 0.05) is 24.6 Å². The smallest absolute Gasteiger partial charge is 0.233 e. The molecule has 0 spiro atoms. The molecule has 2 rings (SSSR count). The lowest BCUT2D eigenvalue weighted by Gasteiger charge is -2.10. The largest absolute Gasteiger partial charge is 0.352 e. The first-order valence-corrected chi connectivity index (χ1v) is 7.22. The molecule has 2 amide bonds. The van der Waals surface area contributed by atoms with Crippen molar-refractivity contribution >= 4 is 17.5 Å². The summed E-state index contributed by atoms with van der Waals surface area (Å²) in [6.45, 7) is 2.39. The molecule has 2 N–H and O–H groups in total. The summed E-state index contributed by atoms with van der Waals surface area (Å²) in [5, 5.41) is 5.48. The minimum absolute atomic E-state index is 0.196. The zero-order valence-electron chi connectivity index (χ0n) is 12.5. The predicted octanol–water partition coefficient (Wildman–Crippen LogP) is 2.29. The monoisotopic (exact) mass is 297 g/mol. The average molecular weight is 297 g/mol. The van der Waals surface area contributed by atoms with E-state index in [0.717, 1.165) is 23.2 Å². The Labute approximate surface area is 129 Å². The molecule has 0 atom stereocenters. The number of aromatic nitrogens is 1. The normalized spacial score (nSPS) is 10.0. The topological polar surface area (TPSA) is 71.1 Å². The Morgan fingerprint density at radius 2 is 1.91 bits per heavy atom. The van der Waals surface area contributed by atoms with Crippen LogP contribution >= 0.6 is 0 Å². The van der Waals surface area contributed by atoms with Gasteiger partial charge in [0.15, 0.2) is 0 Å². The van der Waals surface area contributed by atoms with Crippen LogP contribution in [-0.2, 0) is 22.6 Å². The summed E-state index contributed by atoms with van der Waals surface area (Å²) < 4.78 is 0. The molecule has 0 aliphatic rings. The van der Waals surface area contributed by atoms with Crippen LogP contribution in [0.15, 0.2) is 48.8 Å². The summed E-state index contributed by atoms with van der Waals surface area (Å²) in [7, 11) is 0. The van der Waals surface area contributed by atoms with Gasteiger partial charge in [0.25, 0.3) is 0 Å². The van der Waals surface area contributed by atoms with Crippen molar-refractivity contribution in [2.24, 2.45) is 0 Å². The van der Waals surface area contributed by atoms with Crippen molar-refractivity contribution < 1.29 is 9.59 Å². The minimum Gasteiger partial charge on any atom is -0.352 e. The van der Waals surface area contributed by atoms with E-state index in [1.807, 2.05) is 37.3 Å². The molecule has 0 saturated carbocycles. The van der Waals surface area contributed by atoms with Crippen molar-refractivity contribution in [3.8, 4) is 0 Å². The first kappa shape index (κ1) is 15.7. The lowest BCUT2D eigenvalue weighted by atomic mass is 10.1. The predicted molar refractivity (Wildman–Crippen MR) is 85.2 cm³/mol. The molecule has 2 aromatic rings. The summed E-state index contributed by atoms with van der Waals surface area (Å²) in [6.07, 6.45) is 3.98. The van der Waals surface area contributed by atoms with Crippen LogP contribution in [-0.4, -0.2) is 16.8 Å². The third-order valence-electron chi connectivity index (χ3n) is 3.21. The molecule has 5 heteroatoms. The molecule has 0 radical (unpaired) electrons. The summed E-state index contributed by atoms with van der Waals surface area (Å²) in [5.74, 6) is -0.625. The Hall–Kier alpha value is -2.69. The van der Waals surface area contributed by atoms with E-state index in [1.54, 1.807) is 18.5 Å². The highest BCUT2D eigenvalue weighted by molar-refractivity contribution is 6.03. The maximum absolute atomic E-state index is 11.9. The Bertz CT molecular complexity index is 641. The first-order chi connectivity index (χ1) is 10.7. The number of hydrogen-bond donors (Lipinski definition) is 2. The molecule has 0 fully saturated rings. The molecule has 0 bridgehead atoms. The Morgan fingerprint density at radius 3 is 2.64 bits per heavy atom. The first-order valence-electron chi connectivity index (χ1n) is 7.22. The number of carbonyl (C=O) groups excluding carboxylic acids is 2.